The van der Waals surface area contributed by atoms with Gasteiger partial charge in [-0.3, -0.25) is 0 Å². The summed E-state index contributed by atoms with van der Waals surface area (Å²) in [6.45, 7) is 3.73. The Labute approximate surface area is 129 Å². The Balaban J connectivity index is 1.97. The minimum absolute atomic E-state index is 0.241. The number of halogens is 1. The standard InChI is InChI=1S/C20H16FN/c1-2-14-3-5-15(6-4-14)17-9-12-19(20(21)13-17)16-7-10-18(22)11-8-16/h2-13H,1,22H2. The molecule has 0 radical (unpaired) electrons. The van der Waals surface area contributed by atoms with Crippen molar-refractivity contribution in [1.29, 1.82) is 0 Å². The Morgan fingerprint density at radius 3 is 1.95 bits per heavy atom. The lowest BCUT2D eigenvalue weighted by Crippen LogP contribution is -1.88. The molecule has 1 nitrogen and oxygen atoms in total. The van der Waals surface area contributed by atoms with E-state index < -0.39 is 0 Å². The highest BCUT2D eigenvalue weighted by Crippen LogP contribution is 2.28. The number of anilines is 1. The SMILES string of the molecule is C=Cc1ccc(-c2ccc(-c3ccc(N)cc3)c(F)c2)cc1. The van der Waals surface area contributed by atoms with Crippen LogP contribution in [0.4, 0.5) is 10.1 Å². The van der Waals surface area contributed by atoms with Crippen LogP contribution in [0.5, 0.6) is 0 Å². The van der Waals surface area contributed by atoms with Gasteiger partial charge in [0.1, 0.15) is 5.82 Å². The van der Waals surface area contributed by atoms with Crippen LogP contribution in [0.3, 0.4) is 0 Å². The van der Waals surface area contributed by atoms with Gasteiger partial charge < -0.3 is 5.73 Å². The second kappa shape index (κ2) is 5.86. The maximum Gasteiger partial charge on any atom is 0.131 e. The third kappa shape index (κ3) is 2.77. The Kier molecular flexibility index (Phi) is 3.75. The molecule has 0 unspecified atom stereocenters. The molecule has 0 aromatic heterocycles. The van der Waals surface area contributed by atoms with Crippen LogP contribution in [0.25, 0.3) is 28.3 Å². The molecule has 3 aromatic rings. The average molecular weight is 289 g/mol. The van der Waals surface area contributed by atoms with Gasteiger partial charge in [0.25, 0.3) is 0 Å². The van der Waals surface area contributed by atoms with Gasteiger partial charge in [0.15, 0.2) is 0 Å². The molecule has 0 aliphatic carbocycles. The van der Waals surface area contributed by atoms with Crippen molar-refractivity contribution >= 4 is 11.8 Å². The summed E-state index contributed by atoms with van der Waals surface area (Å²) in [4.78, 5) is 0. The number of hydrogen-bond donors (Lipinski definition) is 1. The summed E-state index contributed by atoms with van der Waals surface area (Å²) in [7, 11) is 0. The zero-order valence-electron chi connectivity index (χ0n) is 12.1. The summed E-state index contributed by atoms with van der Waals surface area (Å²) in [6, 6.07) is 20.4. The molecule has 0 heterocycles. The molecular formula is C20H16FN. The molecular weight excluding hydrogens is 273 g/mol. The first-order chi connectivity index (χ1) is 10.7. The van der Waals surface area contributed by atoms with E-state index in [4.69, 9.17) is 5.73 Å². The van der Waals surface area contributed by atoms with Crippen LogP contribution in [-0.2, 0) is 0 Å². The van der Waals surface area contributed by atoms with E-state index in [-0.39, 0.29) is 5.82 Å². The topological polar surface area (TPSA) is 26.0 Å². The van der Waals surface area contributed by atoms with E-state index in [0.717, 1.165) is 22.3 Å². The van der Waals surface area contributed by atoms with Gasteiger partial charge in [0.05, 0.1) is 0 Å². The van der Waals surface area contributed by atoms with Gasteiger partial charge in [-0.05, 0) is 40.5 Å². The number of nitrogen functional groups attached to an aromatic ring is 1. The van der Waals surface area contributed by atoms with E-state index in [0.29, 0.717) is 11.3 Å². The van der Waals surface area contributed by atoms with Gasteiger partial charge in [-0.25, -0.2) is 4.39 Å². The molecule has 0 fully saturated rings. The smallest absolute Gasteiger partial charge is 0.131 e. The molecule has 2 heteroatoms. The third-order valence-electron chi connectivity index (χ3n) is 3.67. The van der Waals surface area contributed by atoms with Crippen LogP contribution in [0.1, 0.15) is 5.56 Å². The monoisotopic (exact) mass is 289 g/mol. The van der Waals surface area contributed by atoms with Crippen LogP contribution >= 0.6 is 0 Å². The summed E-state index contributed by atoms with van der Waals surface area (Å²) < 4.78 is 14.4. The zero-order chi connectivity index (χ0) is 15.5. The molecule has 2 N–H and O–H groups in total. The summed E-state index contributed by atoms with van der Waals surface area (Å²) in [5, 5.41) is 0. The van der Waals surface area contributed by atoms with Gasteiger partial charge >= 0.3 is 0 Å². The maximum atomic E-state index is 14.4. The minimum atomic E-state index is -0.241. The summed E-state index contributed by atoms with van der Waals surface area (Å²) in [6.07, 6.45) is 1.79. The summed E-state index contributed by atoms with van der Waals surface area (Å²) in [5.74, 6) is -0.241. The third-order valence-corrected chi connectivity index (χ3v) is 3.67. The molecule has 3 aromatic carbocycles. The number of rotatable bonds is 3. The van der Waals surface area contributed by atoms with E-state index in [1.807, 2.05) is 42.5 Å². The van der Waals surface area contributed by atoms with Crippen LogP contribution in [0.2, 0.25) is 0 Å². The van der Waals surface area contributed by atoms with E-state index in [2.05, 4.69) is 6.58 Å². The largest absolute Gasteiger partial charge is 0.399 e. The van der Waals surface area contributed by atoms with Crippen molar-refractivity contribution in [3.63, 3.8) is 0 Å². The second-order valence-corrected chi connectivity index (χ2v) is 5.14. The van der Waals surface area contributed by atoms with Crippen molar-refractivity contribution in [3.8, 4) is 22.3 Å². The highest BCUT2D eigenvalue weighted by Gasteiger charge is 2.07. The summed E-state index contributed by atoms with van der Waals surface area (Å²) in [5.41, 5.74) is 10.6. The number of hydrogen-bond acceptors (Lipinski definition) is 1. The van der Waals surface area contributed by atoms with Crippen LogP contribution in [-0.4, -0.2) is 0 Å². The predicted octanol–water partition coefficient (Wildman–Crippen LogP) is 5.38. The highest BCUT2D eigenvalue weighted by molar-refractivity contribution is 5.72. The van der Waals surface area contributed by atoms with Gasteiger partial charge in [-0.2, -0.15) is 0 Å². The first kappa shape index (κ1) is 14.1. The lowest BCUT2D eigenvalue weighted by Gasteiger charge is -2.08. The maximum absolute atomic E-state index is 14.4. The van der Waals surface area contributed by atoms with Crippen LogP contribution < -0.4 is 5.73 Å². The van der Waals surface area contributed by atoms with Crippen molar-refractivity contribution in [2.24, 2.45) is 0 Å². The highest BCUT2D eigenvalue weighted by atomic mass is 19.1. The zero-order valence-corrected chi connectivity index (χ0v) is 12.1. The van der Waals surface area contributed by atoms with E-state index in [1.165, 1.54) is 0 Å². The van der Waals surface area contributed by atoms with E-state index in [9.17, 15) is 4.39 Å². The fraction of sp³-hybridized carbons (Fsp3) is 0. The van der Waals surface area contributed by atoms with Crippen LogP contribution in [0.15, 0.2) is 73.3 Å². The first-order valence-corrected chi connectivity index (χ1v) is 7.06. The minimum Gasteiger partial charge on any atom is -0.399 e. The second-order valence-electron chi connectivity index (χ2n) is 5.14. The Morgan fingerprint density at radius 2 is 1.36 bits per heavy atom. The number of nitrogens with two attached hydrogens (primary N) is 1. The first-order valence-electron chi connectivity index (χ1n) is 7.06. The molecule has 0 aliphatic heterocycles. The summed E-state index contributed by atoms with van der Waals surface area (Å²) >= 11 is 0. The number of benzene rings is 3. The van der Waals surface area contributed by atoms with E-state index >= 15 is 0 Å². The molecule has 0 atom stereocenters. The Hall–Kier alpha value is -2.87. The molecule has 0 aliphatic rings. The van der Waals surface area contributed by atoms with E-state index in [1.54, 1.807) is 30.3 Å². The fourth-order valence-electron chi connectivity index (χ4n) is 2.40. The predicted molar refractivity (Wildman–Crippen MR) is 91.8 cm³/mol. The quantitative estimate of drug-likeness (QED) is 0.643. The molecule has 0 saturated carbocycles. The lowest BCUT2D eigenvalue weighted by molar-refractivity contribution is 0.632. The molecule has 0 spiro atoms. The molecule has 0 bridgehead atoms. The van der Waals surface area contributed by atoms with Crippen molar-refractivity contribution in [3.05, 3.63) is 84.7 Å². The fourth-order valence-corrected chi connectivity index (χ4v) is 2.40. The average Bonchev–Trinajstić information content (AvgIpc) is 2.56. The van der Waals surface area contributed by atoms with Crippen molar-refractivity contribution in [2.75, 3.05) is 5.73 Å². The van der Waals surface area contributed by atoms with Crippen molar-refractivity contribution in [1.82, 2.24) is 0 Å². The Morgan fingerprint density at radius 1 is 0.773 bits per heavy atom. The normalized spacial score (nSPS) is 10.4. The molecule has 22 heavy (non-hydrogen) atoms. The molecule has 0 saturated heterocycles. The van der Waals surface area contributed by atoms with Gasteiger partial charge in [0, 0.05) is 11.3 Å². The lowest BCUT2D eigenvalue weighted by atomic mass is 9.99. The molecule has 3 rings (SSSR count). The molecule has 108 valence electrons. The van der Waals surface area contributed by atoms with Gasteiger partial charge in [-0.1, -0.05) is 61.2 Å². The molecule has 0 amide bonds. The van der Waals surface area contributed by atoms with Crippen LogP contribution in [0, 0.1) is 5.82 Å². The van der Waals surface area contributed by atoms with Gasteiger partial charge in [0.2, 0.25) is 0 Å². The van der Waals surface area contributed by atoms with Crippen molar-refractivity contribution in [2.45, 2.75) is 0 Å². The van der Waals surface area contributed by atoms with Crippen molar-refractivity contribution < 1.29 is 4.39 Å². The Bertz CT molecular complexity index is 802. The van der Waals surface area contributed by atoms with Gasteiger partial charge in [-0.15, -0.1) is 0 Å².